The molecule has 0 aliphatic carbocycles. The van der Waals surface area contributed by atoms with Gasteiger partial charge in [0.15, 0.2) is 0 Å². The molecule has 0 saturated carbocycles. The Bertz CT molecular complexity index is 877. The van der Waals surface area contributed by atoms with Crippen LogP contribution in [0.5, 0.6) is 0 Å². The summed E-state index contributed by atoms with van der Waals surface area (Å²) in [5.74, 6) is 0.666. The summed E-state index contributed by atoms with van der Waals surface area (Å²) in [4.78, 5) is 12.5. The van der Waals surface area contributed by atoms with Crippen LogP contribution in [0.15, 0.2) is 34.7 Å². The summed E-state index contributed by atoms with van der Waals surface area (Å²) in [5.41, 5.74) is 0.721. The van der Waals surface area contributed by atoms with Gasteiger partial charge < -0.3 is 13.7 Å². The molecule has 126 valence electrons. The molecule has 0 aliphatic rings. The van der Waals surface area contributed by atoms with Gasteiger partial charge in [0.25, 0.3) is 5.89 Å². The second kappa shape index (κ2) is 6.11. The first kappa shape index (κ1) is 16.2. The molecule has 0 fully saturated rings. The molecule has 0 atom stereocenters. The van der Waals surface area contributed by atoms with Crippen LogP contribution in [0.2, 0.25) is 0 Å². The summed E-state index contributed by atoms with van der Waals surface area (Å²) in [5, 5.41) is 9.18. The molecule has 24 heavy (non-hydrogen) atoms. The lowest BCUT2D eigenvalue weighted by atomic mass is 10.0. The minimum atomic E-state index is -0.907. The highest BCUT2D eigenvalue weighted by molar-refractivity contribution is 5.89. The third kappa shape index (κ3) is 2.58. The monoisotopic (exact) mass is 327 g/mol. The molecule has 6 nitrogen and oxygen atoms in total. The highest BCUT2D eigenvalue weighted by Crippen LogP contribution is 2.34. The number of esters is 1. The Morgan fingerprint density at radius 1 is 1.25 bits per heavy atom. The number of rotatable bonds is 5. The normalized spacial score (nSPS) is 11.8. The Labute approximate surface area is 140 Å². The summed E-state index contributed by atoms with van der Waals surface area (Å²) >= 11 is 0. The Morgan fingerprint density at radius 2 is 2.00 bits per heavy atom. The standard InChI is InChI=1S/C18H21N3O3/c1-5-15-19-20-16(24-15)14-11-12-9-7-8-10-13(12)21(14)18(3,4)17(22)23-6-2/h7-11H,5-6H2,1-4H3. The van der Waals surface area contributed by atoms with E-state index in [9.17, 15) is 4.79 Å². The van der Waals surface area contributed by atoms with Crippen molar-refractivity contribution >= 4 is 16.9 Å². The number of hydrogen-bond acceptors (Lipinski definition) is 5. The number of hydrogen-bond donors (Lipinski definition) is 0. The Hall–Kier alpha value is -2.63. The Balaban J connectivity index is 2.24. The van der Waals surface area contributed by atoms with Crippen LogP contribution in [0, 0.1) is 0 Å². The smallest absolute Gasteiger partial charge is 0.331 e. The van der Waals surface area contributed by atoms with Gasteiger partial charge in [-0.25, -0.2) is 4.79 Å². The predicted octanol–water partition coefficient (Wildman–Crippen LogP) is 3.55. The van der Waals surface area contributed by atoms with Gasteiger partial charge in [0.1, 0.15) is 11.2 Å². The number of aromatic nitrogens is 3. The van der Waals surface area contributed by atoms with E-state index in [0.717, 1.165) is 10.9 Å². The van der Waals surface area contributed by atoms with Crippen molar-refractivity contribution in [3.8, 4) is 11.6 Å². The van der Waals surface area contributed by atoms with Crippen molar-refractivity contribution in [1.82, 2.24) is 14.8 Å². The van der Waals surface area contributed by atoms with Crippen molar-refractivity contribution in [3.05, 3.63) is 36.2 Å². The molecule has 2 heterocycles. The van der Waals surface area contributed by atoms with Crippen molar-refractivity contribution in [2.45, 2.75) is 39.7 Å². The van der Waals surface area contributed by atoms with Gasteiger partial charge in [-0.1, -0.05) is 25.1 Å². The fraction of sp³-hybridized carbons (Fsp3) is 0.389. The number of carbonyl (C=O) groups is 1. The first-order valence-corrected chi connectivity index (χ1v) is 8.10. The lowest BCUT2D eigenvalue weighted by Crippen LogP contribution is -2.37. The molecule has 0 radical (unpaired) electrons. The largest absolute Gasteiger partial charge is 0.464 e. The molecular formula is C18H21N3O3. The number of benzene rings is 1. The maximum absolute atomic E-state index is 12.5. The van der Waals surface area contributed by atoms with Crippen molar-refractivity contribution in [1.29, 1.82) is 0 Å². The number of nitrogens with zero attached hydrogens (tertiary/aromatic N) is 3. The SMILES string of the molecule is CCOC(=O)C(C)(C)n1c(-c2nnc(CC)o2)cc2ccccc21. The van der Waals surface area contributed by atoms with Crippen LogP contribution >= 0.6 is 0 Å². The van der Waals surface area contributed by atoms with E-state index in [1.54, 1.807) is 6.92 Å². The number of carbonyl (C=O) groups excluding carboxylic acids is 1. The lowest BCUT2D eigenvalue weighted by Gasteiger charge is -2.27. The topological polar surface area (TPSA) is 70.2 Å². The summed E-state index contributed by atoms with van der Waals surface area (Å²) in [6.07, 6.45) is 0.661. The Kier molecular flexibility index (Phi) is 4.13. The average molecular weight is 327 g/mol. The van der Waals surface area contributed by atoms with Gasteiger partial charge in [-0.2, -0.15) is 0 Å². The van der Waals surface area contributed by atoms with Crippen LogP contribution < -0.4 is 0 Å². The minimum Gasteiger partial charge on any atom is -0.464 e. The third-order valence-corrected chi connectivity index (χ3v) is 4.03. The summed E-state index contributed by atoms with van der Waals surface area (Å²) in [6, 6.07) is 9.82. The van der Waals surface area contributed by atoms with E-state index < -0.39 is 5.54 Å². The van der Waals surface area contributed by atoms with E-state index in [0.29, 0.717) is 30.5 Å². The fourth-order valence-corrected chi connectivity index (χ4v) is 2.81. The van der Waals surface area contributed by atoms with Crippen LogP contribution in [0.1, 0.15) is 33.6 Å². The van der Waals surface area contributed by atoms with Gasteiger partial charge in [0.05, 0.1) is 6.61 Å². The maximum atomic E-state index is 12.5. The molecule has 0 saturated heterocycles. The Morgan fingerprint density at radius 3 is 2.67 bits per heavy atom. The highest BCUT2D eigenvalue weighted by atomic mass is 16.5. The first-order valence-electron chi connectivity index (χ1n) is 8.10. The van der Waals surface area contributed by atoms with Crippen LogP contribution in [0.25, 0.3) is 22.5 Å². The van der Waals surface area contributed by atoms with Gasteiger partial charge >= 0.3 is 5.97 Å². The zero-order valence-corrected chi connectivity index (χ0v) is 14.4. The molecule has 6 heteroatoms. The van der Waals surface area contributed by atoms with E-state index in [1.165, 1.54) is 0 Å². The lowest BCUT2D eigenvalue weighted by molar-refractivity contribution is -0.151. The van der Waals surface area contributed by atoms with E-state index in [1.807, 2.05) is 55.7 Å². The predicted molar refractivity (Wildman–Crippen MR) is 90.6 cm³/mol. The molecule has 1 aromatic carbocycles. The molecule has 0 spiro atoms. The molecule has 2 aromatic heterocycles. The molecule has 0 aliphatic heterocycles. The molecule has 0 amide bonds. The molecule has 0 bridgehead atoms. The van der Waals surface area contributed by atoms with Gasteiger partial charge in [0.2, 0.25) is 5.89 Å². The van der Waals surface area contributed by atoms with Gasteiger partial charge in [-0.15, -0.1) is 10.2 Å². The average Bonchev–Trinajstić information content (AvgIpc) is 3.19. The quantitative estimate of drug-likeness (QED) is 0.670. The van der Waals surface area contributed by atoms with Crippen molar-refractivity contribution in [2.75, 3.05) is 6.61 Å². The summed E-state index contributed by atoms with van der Waals surface area (Å²) < 4.78 is 12.9. The highest BCUT2D eigenvalue weighted by Gasteiger charge is 2.35. The van der Waals surface area contributed by atoms with Gasteiger partial charge in [-0.3, -0.25) is 0 Å². The summed E-state index contributed by atoms with van der Waals surface area (Å²) in [6.45, 7) is 7.75. The zero-order chi connectivity index (χ0) is 17.3. The second-order valence-electron chi connectivity index (χ2n) is 6.06. The number of para-hydroxylation sites is 1. The van der Waals surface area contributed by atoms with Crippen molar-refractivity contribution < 1.29 is 13.9 Å². The van der Waals surface area contributed by atoms with E-state index >= 15 is 0 Å². The molecule has 3 aromatic rings. The first-order chi connectivity index (χ1) is 11.5. The van der Waals surface area contributed by atoms with Crippen LogP contribution in [-0.2, 0) is 21.5 Å². The van der Waals surface area contributed by atoms with Gasteiger partial charge in [0, 0.05) is 17.3 Å². The number of ether oxygens (including phenoxy) is 1. The molecular weight excluding hydrogens is 306 g/mol. The summed E-state index contributed by atoms with van der Waals surface area (Å²) in [7, 11) is 0. The number of aryl methyl sites for hydroxylation is 1. The second-order valence-corrected chi connectivity index (χ2v) is 6.06. The maximum Gasteiger partial charge on any atom is 0.331 e. The zero-order valence-electron chi connectivity index (χ0n) is 14.4. The van der Waals surface area contributed by atoms with Crippen molar-refractivity contribution in [3.63, 3.8) is 0 Å². The van der Waals surface area contributed by atoms with Gasteiger partial charge in [-0.05, 0) is 32.9 Å². The van der Waals surface area contributed by atoms with E-state index in [2.05, 4.69) is 10.2 Å². The third-order valence-electron chi connectivity index (χ3n) is 4.03. The number of fused-ring (bicyclic) bond motifs is 1. The van der Waals surface area contributed by atoms with E-state index in [4.69, 9.17) is 9.15 Å². The van der Waals surface area contributed by atoms with Crippen LogP contribution in [0.4, 0.5) is 0 Å². The van der Waals surface area contributed by atoms with Crippen molar-refractivity contribution in [2.24, 2.45) is 0 Å². The molecule has 0 N–H and O–H groups in total. The van der Waals surface area contributed by atoms with Crippen LogP contribution in [-0.4, -0.2) is 27.3 Å². The fourth-order valence-electron chi connectivity index (χ4n) is 2.81. The minimum absolute atomic E-state index is 0.303. The molecule has 3 rings (SSSR count). The van der Waals surface area contributed by atoms with Crippen LogP contribution in [0.3, 0.4) is 0 Å². The van der Waals surface area contributed by atoms with E-state index in [-0.39, 0.29) is 5.97 Å². The molecule has 0 unspecified atom stereocenters.